The topological polar surface area (TPSA) is 152 Å². The number of hydrogen-bond donors (Lipinski definition) is 3. The summed E-state index contributed by atoms with van der Waals surface area (Å²) in [6.45, 7) is 13.3. The van der Waals surface area contributed by atoms with Crippen molar-refractivity contribution in [2.24, 2.45) is 17.3 Å². The Bertz CT molecular complexity index is 796. The highest BCUT2D eigenvalue weighted by Crippen LogP contribution is 2.66. The molecule has 0 aromatic rings. The Hall–Kier alpha value is -0.0500. The third kappa shape index (κ3) is 6.72. The van der Waals surface area contributed by atoms with Crippen LogP contribution in [0.15, 0.2) is 12.3 Å². The Balaban J connectivity index is 2.05. The Kier molecular flexibility index (Phi) is 7.92. The summed E-state index contributed by atoms with van der Waals surface area (Å²) in [6, 6.07) is 0. The Morgan fingerprint density at radius 3 is 2.33 bits per heavy atom. The van der Waals surface area contributed by atoms with Crippen molar-refractivity contribution in [3.05, 3.63) is 12.3 Å². The van der Waals surface area contributed by atoms with Crippen molar-refractivity contribution >= 4 is 23.2 Å². The number of rotatable bonds is 8. The summed E-state index contributed by atoms with van der Waals surface area (Å²) in [7, 11) is -14.8. The third-order valence-corrected chi connectivity index (χ3v) is 9.82. The van der Waals surface area contributed by atoms with E-state index in [1.807, 2.05) is 20.8 Å². The average Bonchev–Trinajstić information content (AvgIpc) is 2.75. The van der Waals surface area contributed by atoms with Crippen LogP contribution in [0, 0.1) is 17.3 Å². The molecule has 176 valence electrons. The molecular formula is C16H32NO10P3. The predicted octanol–water partition coefficient (Wildman–Crippen LogP) is 3.69. The maximum absolute atomic E-state index is 12.1. The molecule has 0 bridgehead atoms. The zero-order valence-corrected chi connectivity index (χ0v) is 20.5. The van der Waals surface area contributed by atoms with Gasteiger partial charge in [-0.15, -0.1) is 0 Å². The van der Waals surface area contributed by atoms with E-state index in [0.29, 0.717) is 12.6 Å². The summed E-state index contributed by atoms with van der Waals surface area (Å²) in [6.07, 6.45) is 0.998. The number of phosphoric acid groups is 2. The molecule has 3 N–H and O–H groups in total. The highest BCUT2D eigenvalue weighted by molar-refractivity contribution is 7.68. The standard InChI is InChI=1S/C16H32NO10P3/c1-11-7-8-12(2)17(9-11)15-16(4,5)13(3)14(25-15)10-24-29(20,21)27-30(22,23)26-28(6,18)19/h11,13-15H,2,7-10H2,1,3-6H3,(H,18,19)(H,20,21)(H,22,23). The number of ether oxygens (including phenoxy) is 1. The van der Waals surface area contributed by atoms with E-state index >= 15 is 0 Å². The highest BCUT2D eigenvalue weighted by Gasteiger charge is 2.52. The van der Waals surface area contributed by atoms with E-state index in [0.717, 1.165) is 25.1 Å². The normalized spacial score (nSPS) is 35.5. The van der Waals surface area contributed by atoms with Crippen LogP contribution in [0.4, 0.5) is 0 Å². The molecule has 2 heterocycles. The molecule has 2 fully saturated rings. The lowest BCUT2D eigenvalue weighted by molar-refractivity contribution is -0.0912. The summed E-state index contributed by atoms with van der Waals surface area (Å²) in [5, 5.41) is 0. The Morgan fingerprint density at radius 2 is 1.77 bits per heavy atom. The first-order valence-electron chi connectivity index (χ1n) is 9.56. The van der Waals surface area contributed by atoms with Gasteiger partial charge in [0, 0.05) is 24.3 Å². The van der Waals surface area contributed by atoms with Crippen LogP contribution in [0.2, 0.25) is 0 Å². The number of nitrogens with zero attached hydrogens (tertiary/aromatic N) is 1. The van der Waals surface area contributed by atoms with Gasteiger partial charge in [0.05, 0.1) is 12.7 Å². The molecule has 0 amide bonds. The Labute approximate surface area is 177 Å². The number of likely N-dealkylation sites (tertiary alicyclic amines) is 1. The van der Waals surface area contributed by atoms with E-state index in [1.165, 1.54) is 0 Å². The SMILES string of the molecule is C=C1CCC(C)CN1C1OC(COP(=O)(O)OP(=O)(O)OP(C)(=O)O)C(C)C1(C)C. The van der Waals surface area contributed by atoms with E-state index < -0.39 is 36.0 Å². The van der Waals surface area contributed by atoms with Crippen LogP contribution in [0.1, 0.15) is 40.5 Å². The molecule has 30 heavy (non-hydrogen) atoms. The first kappa shape index (κ1) is 26.2. The molecule has 2 aliphatic rings. The predicted molar refractivity (Wildman–Crippen MR) is 109 cm³/mol. The van der Waals surface area contributed by atoms with Gasteiger partial charge in [0.2, 0.25) is 0 Å². The second-order valence-electron chi connectivity index (χ2n) is 8.70. The molecular weight excluding hydrogens is 459 g/mol. The van der Waals surface area contributed by atoms with Crippen molar-refractivity contribution in [1.29, 1.82) is 0 Å². The third-order valence-electron chi connectivity index (χ3n) is 5.66. The molecule has 2 aliphatic heterocycles. The van der Waals surface area contributed by atoms with Crippen molar-refractivity contribution in [3.63, 3.8) is 0 Å². The van der Waals surface area contributed by atoms with Crippen LogP contribution in [-0.2, 0) is 31.6 Å². The summed E-state index contributed by atoms with van der Waals surface area (Å²) >= 11 is 0. The summed E-state index contributed by atoms with van der Waals surface area (Å²) in [5.74, 6) is 0.379. The first-order chi connectivity index (χ1) is 13.4. The van der Waals surface area contributed by atoms with E-state index in [2.05, 4.69) is 27.0 Å². The van der Waals surface area contributed by atoms with E-state index in [-0.39, 0.29) is 17.6 Å². The Morgan fingerprint density at radius 1 is 1.17 bits per heavy atom. The van der Waals surface area contributed by atoms with Gasteiger partial charge in [-0.05, 0) is 24.7 Å². The van der Waals surface area contributed by atoms with Gasteiger partial charge in [-0.2, -0.15) is 4.31 Å². The molecule has 0 aromatic heterocycles. The van der Waals surface area contributed by atoms with Gasteiger partial charge in [0.1, 0.15) is 6.23 Å². The fraction of sp³-hybridized carbons (Fsp3) is 0.875. The second kappa shape index (κ2) is 9.06. The number of phosphoric ester groups is 1. The van der Waals surface area contributed by atoms with E-state index in [9.17, 15) is 23.5 Å². The summed E-state index contributed by atoms with van der Waals surface area (Å²) < 4.78 is 53.9. The quantitative estimate of drug-likeness (QED) is 0.426. The monoisotopic (exact) mass is 491 g/mol. The minimum atomic E-state index is -5.30. The van der Waals surface area contributed by atoms with Gasteiger partial charge in [0.15, 0.2) is 0 Å². The molecule has 2 rings (SSSR count). The van der Waals surface area contributed by atoms with Crippen LogP contribution in [0.5, 0.6) is 0 Å². The van der Waals surface area contributed by atoms with E-state index in [1.54, 1.807) is 0 Å². The van der Waals surface area contributed by atoms with E-state index in [4.69, 9.17) is 14.2 Å². The van der Waals surface area contributed by atoms with Crippen LogP contribution < -0.4 is 0 Å². The van der Waals surface area contributed by atoms with Crippen LogP contribution in [-0.4, -0.2) is 51.7 Å². The molecule has 0 aromatic carbocycles. The minimum absolute atomic E-state index is 0.0991. The number of hydrogen-bond acceptors (Lipinski definition) is 8. The average molecular weight is 491 g/mol. The molecule has 11 nitrogen and oxygen atoms in total. The molecule has 0 saturated carbocycles. The molecule has 0 spiro atoms. The summed E-state index contributed by atoms with van der Waals surface area (Å²) in [5.41, 5.74) is 0.637. The number of allylic oxidation sites excluding steroid dienone is 1. The van der Waals surface area contributed by atoms with Crippen molar-refractivity contribution in [2.45, 2.75) is 52.9 Å². The molecule has 14 heteroatoms. The largest absolute Gasteiger partial charge is 0.488 e. The second-order valence-corrected chi connectivity index (χ2v) is 13.7. The summed E-state index contributed by atoms with van der Waals surface area (Å²) in [4.78, 5) is 30.3. The molecule has 0 aliphatic carbocycles. The number of piperidine rings is 1. The lowest BCUT2D eigenvalue weighted by Gasteiger charge is -2.43. The van der Waals surface area contributed by atoms with Crippen LogP contribution in [0.3, 0.4) is 0 Å². The lowest BCUT2D eigenvalue weighted by atomic mass is 9.77. The minimum Gasteiger partial charge on any atom is -0.352 e. The zero-order valence-electron chi connectivity index (χ0n) is 17.8. The van der Waals surface area contributed by atoms with Crippen LogP contribution >= 0.6 is 23.2 Å². The van der Waals surface area contributed by atoms with Crippen molar-refractivity contribution in [2.75, 3.05) is 19.8 Å². The van der Waals surface area contributed by atoms with Crippen LogP contribution in [0.25, 0.3) is 0 Å². The molecule has 7 atom stereocenters. The smallest absolute Gasteiger partial charge is 0.352 e. The lowest BCUT2D eigenvalue weighted by Crippen LogP contribution is -2.47. The van der Waals surface area contributed by atoms with Gasteiger partial charge in [-0.1, -0.05) is 34.3 Å². The van der Waals surface area contributed by atoms with Gasteiger partial charge in [0.25, 0.3) is 0 Å². The van der Waals surface area contributed by atoms with Crippen molar-refractivity contribution in [3.8, 4) is 0 Å². The molecule has 7 unspecified atom stereocenters. The maximum atomic E-state index is 12.1. The first-order valence-corrected chi connectivity index (χ1v) is 14.6. The van der Waals surface area contributed by atoms with Gasteiger partial charge in [-0.25, -0.2) is 13.4 Å². The fourth-order valence-electron chi connectivity index (χ4n) is 3.72. The van der Waals surface area contributed by atoms with Gasteiger partial charge in [-0.3, -0.25) is 9.09 Å². The zero-order chi connectivity index (χ0) is 23.1. The maximum Gasteiger partial charge on any atom is 0.488 e. The molecule has 0 radical (unpaired) electrons. The van der Waals surface area contributed by atoms with Gasteiger partial charge < -0.3 is 24.3 Å². The highest BCUT2D eigenvalue weighted by atomic mass is 31.3. The molecule has 2 saturated heterocycles. The fourth-order valence-corrected chi connectivity index (χ4v) is 7.21. The van der Waals surface area contributed by atoms with Crippen molar-refractivity contribution < 1.29 is 46.3 Å². The van der Waals surface area contributed by atoms with Gasteiger partial charge >= 0.3 is 23.2 Å². The van der Waals surface area contributed by atoms with Crippen molar-refractivity contribution in [1.82, 2.24) is 4.90 Å².